The van der Waals surface area contributed by atoms with Crippen LogP contribution in [-0.4, -0.2) is 32.5 Å². The van der Waals surface area contributed by atoms with Crippen LogP contribution in [0.2, 0.25) is 0 Å². The van der Waals surface area contributed by atoms with Gasteiger partial charge >= 0.3 is 0 Å². The molecular formula is C17H29NO2. The summed E-state index contributed by atoms with van der Waals surface area (Å²) in [4.78, 5) is 0. The molecule has 0 aliphatic heterocycles. The number of nitrogens with one attached hydrogen (secondary N) is 1. The molecule has 20 heavy (non-hydrogen) atoms. The van der Waals surface area contributed by atoms with Crippen molar-refractivity contribution in [3.63, 3.8) is 0 Å². The van der Waals surface area contributed by atoms with Crippen LogP contribution in [-0.2, 0) is 9.47 Å². The number of ether oxygens (including phenoxy) is 2. The van der Waals surface area contributed by atoms with Crippen molar-refractivity contribution in [3.8, 4) is 0 Å². The van der Waals surface area contributed by atoms with E-state index in [4.69, 9.17) is 9.47 Å². The Hall–Kier alpha value is -0.900. The van der Waals surface area contributed by atoms with Crippen molar-refractivity contribution < 1.29 is 9.47 Å². The number of benzene rings is 1. The average Bonchev–Trinajstić information content (AvgIpc) is 2.43. The fraction of sp³-hybridized carbons (Fsp3) is 0.647. The smallest absolute Gasteiger partial charge is 0.0661 e. The molecule has 0 spiro atoms. The molecule has 0 heterocycles. The van der Waals surface area contributed by atoms with E-state index in [0.29, 0.717) is 13.2 Å². The third-order valence-corrected chi connectivity index (χ3v) is 3.62. The lowest BCUT2D eigenvalue weighted by Gasteiger charge is -2.24. The summed E-state index contributed by atoms with van der Waals surface area (Å²) in [6.45, 7) is 10.7. The molecule has 0 saturated heterocycles. The highest BCUT2D eigenvalue weighted by molar-refractivity contribution is 5.24. The van der Waals surface area contributed by atoms with E-state index >= 15 is 0 Å². The van der Waals surface area contributed by atoms with Gasteiger partial charge in [0.2, 0.25) is 0 Å². The summed E-state index contributed by atoms with van der Waals surface area (Å²) in [5.74, 6) is 0. The third kappa shape index (κ3) is 6.04. The second-order valence-electron chi connectivity index (χ2n) is 5.81. The summed E-state index contributed by atoms with van der Waals surface area (Å²) in [5.41, 5.74) is 2.45. The van der Waals surface area contributed by atoms with Crippen LogP contribution in [0.1, 0.15) is 44.4 Å². The van der Waals surface area contributed by atoms with Gasteiger partial charge in [-0.3, -0.25) is 0 Å². The fourth-order valence-electron chi connectivity index (χ4n) is 1.94. The van der Waals surface area contributed by atoms with Crippen LogP contribution in [0.4, 0.5) is 0 Å². The minimum atomic E-state index is -0.114. The van der Waals surface area contributed by atoms with Gasteiger partial charge in [0.15, 0.2) is 0 Å². The van der Waals surface area contributed by atoms with E-state index in [0.717, 1.165) is 13.0 Å². The Morgan fingerprint density at radius 1 is 1.20 bits per heavy atom. The van der Waals surface area contributed by atoms with Gasteiger partial charge in [-0.1, -0.05) is 36.8 Å². The molecule has 1 unspecified atom stereocenters. The van der Waals surface area contributed by atoms with Crippen molar-refractivity contribution in [2.75, 3.05) is 26.9 Å². The molecule has 1 N–H and O–H groups in total. The first-order valence-electron chi connectivity index (χ1n) is 7.41. The first-order valence-corrected chi connectivity index (χ1v) is 7.41. The first kappa shape index (κ1) is 17.2. The maximum absolute atomic E-state index is 5.83. The molecule has 1 rings (SSSR count). The molecule has 0 radical (unpaired) electrons. The Labute approximate surface area is 123 Å². The van der Waals surface area contributed by atoms with Crippen LogP contribution in [0.25, 0.3) is 0 Å². The summed E-state index contributed by atoms with van der Waals surface area (Å²) >= 11 is 0. The van der Waals surface area contributed by atoms with Crippen LogP contribution in [0.3, 0.4) is 0 Å². The maximum atomic E-state index is 5.83. The zero-order valence-electron chi connectivity index (χ0n) is 13.5. The number of hydrogen-bond donors (Lipinski definition) is 1. The van der Waals surface area contributed by atoms with Crippen molar-refractivity contribution in [1.29, 1.82) is 0 Å². The normalized spacial score (nSPS) is 13.4. The highest BCUT2D eigenvalue weighted by atomic mass is 16.5. The monoisotopic (exact) mass is 279 g/mol. The highest BCUT2D eigenvalue weighted by Crippen LogP contribution is 2.16. The van der Waals surface area contributed by atoms with Gasteiger partial charge in [0, 0.05) is 13.7 Å². The largest absolute Gasteiger partial charge is 0.379 e. The quantitative estimate of drug-likeness (QED) is 0.702. The summed E-state index contributed by atoms with van der Waals surface area (Å²) in [6.07, 6.45) is 0.899. The van der Waals surface area contributed by atoms with Crippen molar-refractivity contribution in [3.05, 3.63) is 35.4 Å². The van der Waals surface area contributed by atoms with Crippen LogP contribution in [0.15, 0.2) is 24.3 Å². The highest BCUT2D eigenvalue weighted by Gasteiger charge is 2.16. The van der Waals surface area contributed by atoms with Crippen molar-refractivity contribution in [2.45, 2.75) is 45.8 Å². The average molecular weight is 279 g/mol. The Balaban J connectivity index is 2.45. The van der Waals surface area contributed by atoms with E-state index in [1.54, 1.807) is 7.11 Å². The molecule has 1 atom stereocenters. The van der Waals surface area contributed by atoms with Gasteiger partial charge in [0.1, 0.15) is 0 Å². The zero-order chi connectivity index (χ0) is 15.0. The van der Waals surface area contributed by atoms with Gasteiger partial charge in [-0.25, -0.2) is 0 Å². The number of aryl methyl sites for hydroxylation is 1. The summed E-state index contributed by atoms with van der Waals surface area (Å²) in [7, 11) is 1.74. The maximum Gasteiger partial charge on any atom is 0.0661 e. The number of hydrogen-bond acceptors (Lipinski definition) is 3. The first-order chi connectivity index (χ1) is 9.48. The molecule has 3 nitrogen and oxygen atoms in total. The lowest BCUT2D eigenvalue weighted by atomic mass is 10.1. The second-order valence-corrected chi connectivity index (χ2v) is 5.81. The minimum Gasteiger partial charge on any atom is -0.379 e. The van der Waals surface area contributed by atoms with Gasteiger partial charge in [0.05, 0.1) is 18.2 Å². The molecule has 1 aromatic carbocycles. The van der Waals surface area contributed by atoms with E-state index in [2.05, 4.69) is 57.3 Å². The van der Waals surface area contributed by atoms with Gasteiger partial charge in [-0.15, -0.1) is 0 Å². The molecule has 0 bridgehead atoms. The molecule has 0 aliphatic rings. The predicted octanol–water partition coefficient (Wildman–Crippen LogP) is 3.48. The molecule has 0 amide bonds. The van der Waals surface area contributed by atoms with Gasteiger partial charge in [-0.05, 0) is 39.3 Å². The standard InChI is InChI=1S/C17H29NO2/c1-6-18-16(15-9-7-14(2)8-10-15)13-20-12-11-17(3,4)19-5/h7-10,16,18H,6,11-13H2,1-5H3. The lowest BCUT2D eigenvalue weighted by Crippen LogP contribution is -2.28. The van der Waals surface area contributed by atoms with Crippen LogP contribution in [0.5, 0.6) is 0 Å². The second kappa shape index (κ2) is 8.40. The van der Waals surface area contributed by atoms with E-state index in [-0.39, 0.29) is 11.6 Å². The van der Waals surface area contributed by atoms with Crippen molar-refractivity contribution >= 4 is 0 Å². The molecule has 3 heteroatoms. The molecule has 1 aromatic rings. The Morgan fingerprint density at radius 2 is 1.85 bits per heavy atom. The Bertz CT molecular complexity index is 373. The Kier molecular flexibility index (Phi) is 7.20. The molecule has 0 fully saturated rings. The van der Waals surface area contributed by atoms with Gasteiger partial charge in [0.25, 0.3) is 0 Å². The van der Waals surface area contributed by atoms with E-state index in [1.165, 1.54) is 11.1 Å². The van der Waals surface area contributed by atoms with Crippen LogP contribution < -0.4 is 5.32 Å². The summed E-state index contributed by atoms with van der Waals surface area (Å²) < 4.78 is 11.2. The van der Waals surface area contributed by atoms with E-state index in [9.17, 15) is 0 Å². The zero-order valence-corrected chi connectivity index (χ0v) is 13.5. The number of methoxy groups -OCH3 is 1. The number of rotatable bonds is 9. The molecule has 0 saturated carbocycles. The summed E-state index contributed by atoms with van der Waals surface area (Å²) in [5, 5.41) is 3.47. The fourth-order valence-corrected chi connectivity index (χ4v) is 1.94. The molecule has 0 aromatic heterocycles. The van der Waals surface area contributed by atoms with Gasteiger partial charge in [-0.2, -0.15) is 0 Å². The molecule has 114 valence electrons. The third-order valence-electron chi connectivity index (χ3n) is 3.62. The van der Waals surface area contributed by atoms with Crippen LogP contribution >= 0.6 is 0 Å². The van der Waals surface area contributed by atoms with Crippen LogP contribution in [0, 0.1) is 6.92 Å². The Morgan fingerprint density at radius 3 is 2.40 bits per heavy atom. The predicted molar refractivity (Wildman–Crippen MR) is 84.1 cm³/mol. The van der Waals surface area contributed by atoms with E-state index < -0.39 is 0 Å². The van der Waals surface area contributed by atoms with Crippen molar-refractivity contribution in [1.82, 2.24) is 5.32 Å². The molecule has 0 aliphatic carbocycles. The minimum absolute atomic E-state index is 0.114. The van der Waals surface area contributed by atoms with E-state index in [1.807, 2.05) is 0 Å². The summed E-state index contributed by atoms with van der Waals surface area (Å²) in [6, 6.07) is 8.89. The van der Waals surface area contributed by atoms with Gasteiger partial charge < -0.3 is 14.8 Å². The SMILES string of the molecule is CCNC(COCCC(C)(C)OC)c1ccc(C)cc1. The topological polar surface area (TPSA) is 30.5 Å². The van der Waals surface area contributed by atoms with Crippen molar-refractivity contribution in [2.24, 2.45) is 0 Å². The molecular weight excluding hydrogens is 250 g/mol. The lowest BCUT2D eigenvalue weighted by molar-refractivity contribution is -0.0124. The number of likely N-dealkylation sites (N-methyl/N-ethyl adjacent to an activating group) is 1.